The molecule has 3 unspecified atom stereocenters. The van der Waals surface area contributed by atoms with Crippen LogP contribution in [0.3, 0.4) is 0 Å². The Balaban J connectivity index is 1.30. The van der Waals surface area contributed by atoms with E-state index in [0.717, 1.165) is 64.3 Å². The van der Waals surface area contributed by atoms with Gasteiger partial charge in [-0.3, -0.25) is 9.79 Å². The second-order valence-corrected chi connectivity index (χ2v) is 9.03. The fourth-order valence-electron chi connectivity index (χ4n) is 5.08. The largest absolute Gasteiger partial charge is 0.377 e. The molecule has 2 saturated heterocycles. The zero-order valence-electron chi connectivity index (χ0n) is 16.5. The first-order valence-electron chi connectivity index (χ1n) is 10.5. The second-order valence-electron chi connectivity index (χ2n) is 9.03. The molecule has 2 aliphatic carbocycles. The summed E-state index contributed by atoms with van der Waals surface area (Å²) in [4.78, 5) is 19.0. The number of rotatable bonds is 4. The number of carbonyl (C=O) groups is 1. The highest BCUT2D eigenvalue weighted by Gasteiger charge is 2.59. The fourth-order valence-corrected chi connectivity index (χ4v) is 5.08. The van der Waals surface area contributed by atoms with Gasteiger partial charge in [0, 0.05) is 55.6 Å². The summed E-state index contributed by atoms with van der Waals surface area (Å²) >= 11 is 0. The summed E-state index contributed by atoms with van der Waals surface area (Å²) in [5.41, 5.74) is 0.150. The van der Waals surface area contributed by atoms with Crippen molar-refractivity contribution in [2.24, 2.45) is 22.2 Å². The highest BCUT2D eigenvalue weighted by molar-refractivity contribution is 5.82. The molecule has 4 rings (SSSR count). The molecule has 4 fully saturated rings. The Morgan fingerprint density at radius 3 is 2.54 bits per heavy atom. The van der Waals surface area contributed by atoms with Gasteiger partial charge in [0.1, 0.15) is 0 Å². The van der Waals surface area contributed by atoms with Crippen molar-refractivity contribution < 1.29 is 9.53 Å². The molecule has 6 nitrogen and oxygen atoms in total. The molecular weight excluding hydrogens is 328 g/mol. The molecule has 3 atom stereocenters. The summed E-state index contributed by atoms with van der Waals surface area (Å²) in [5, 5.41) is 7.34. The van der Waals surface area contributed by atoms with E-state index in [-0.39, 0.29) is 5.41 Å². The summed E-state index contributed by atoms with van der Waals surface area (Å²) in [6, 6.07) is 0.819. The normalized spacial score (nSPS) is 34.2. The van der Waals surface area contributed by atoms with Crippen LogP contribution in [-0.2, 0) is 9.53 Å². The van der Waals surface area contributed by atoms with Crippen molar-refractivity contribution in [2.45, 2.75) is 71.1 Å². The Morgan fingerprint density at radius 2 is 1.88 bits per heavy atom. The maximum atomic E-state index is 12.2. The predicted octanol–water partition coefficient (Wildman–Crippen LogP) is 1.76. The third-order valence-corrected chi connectivity index (χ3v) is 6.78. The number of guanidine groups is 1. The summed E-state index contributed by atoms with van der Waals surface area (Å²) in [6.07, 6.45) is 5.74. The Kier molecular flexibility index (Phi) is 4.88. The van der Waals surface area contributed by atoms with Crippen LogP contribution in [0.2, 0.25) is 0 Å². The van der Waals surface area contributed by atoms with Gasteiger partial charge in [0.2, 0.25) is 5.91 Å². The number of hydrogen-bond donors (Lipinski definition) is 2. The molecule has 4 aliphatic rings. The monoisotopic (exact) mass is 362 g/mol. The number of nitrogens with zero attached hydrogens (tertiary/aromatic N) is 2. The van der Waals surface area contributed by atoms with Gasteiger partial charge < -0.3 is 20.3 Å². The van der Waals surface area contributed by atoms with Gasteiger partial charge in [0.05, 0.1) is 6.10 Å². The average molecular weight is 363 g/mol. The number of nitrogens with one attached hydrogen (secondary N) is 2. The second kappa shape index (κ2) is 7.02. The van der Waals surface area contributed by atoms with Gasteiger partial charge >= 0.3 is 0 Å². The molecule has 2 saturated carbocycles. The zero-order chi connectivity index (χ0) is 18.3. The van der Waals surface area contributed by atoms with Gasteiger partial charge in [-0.2, -0.15) is 0 Å². The number of carbonyl (C=O) groups excluding carboxylic acids is 1. The maximum absolute atomic E-state index is 12.2. The molecule has 146 valence electrons. The molecule has 0 bridgehead atoms. The number of piperidine rings is 1. The topological polar surface area (TPSA) is 66.0 Å². The molecule has 0 aromatic carbocycles. The highest BCUT2D eigenvalue weighted by Crippen LogP contribution is 2.52. The lowest BCUT2D eigenvalue weighted by molar-refractivity contribution is -0.133. The van der Waals surface area contributed by atoms with Crippen LogP contribution in [-0.4, -0.2) is 61.2 Å². The minimum atomic E-state index is 0.150. The quantitative estimate of drug-likeness (QED) is 0.591. The van der Waals surface area contributed by atoms with E-state index in [1.54, 1.807) is 0 Å². The van der Waals surface area contributed by atoms with Gasteiger partial charge in [-0.15, -0.1) is 0 Å². The Bertz CT molecular complexity index is 564. The zero-order valence-corrected chi connectivity index (χ0v) is 16.5. The van der Waals surface area contributed by atoms with Crippen LogP contribution < -0.4 is 10.6 Å². The van der Waals surface area contributed by atoms with E-state index < -0.39 is 0 Å². The van der Waals surface area contributed by atoms with Crippen molar-refractivity contribution in [2.75, 3.05) is 26.2 Å². The third kappa shape index (κ3) is 3.32. The lowest BCUT2D eigenvalue weighted by Crippen LogP contribution is -2.68. The minimum absolute atomic E-state index is 0.150. The van der Waals surface area contributed by atoms with E-state index in [0.29, 0.717) is 35.9 Å². The Labute approximate surface area is 157 Å². The highest BCUT2D eigenvalue weighted by atomic mass is 16.5. The van der Waals surface area contributed by atoms with Gasteiger partial charge in [0.15, 0.2) is 5.96 Å². The lowest BCUT2D eigenvalue weighted by Gasteiger charge is -2.55. The fraction of sp³-hybridized carbons (Fsp3) is 0.900. The molecule has 1 amide bonds. The number of ether oxygens (including phenoxy) is 1. The molecule has 2 aliphatic heterocycles. The van der Waals surface area contributed by atoms with E-state index in [1.165, 1.54) is 0 Å². The van der Waals surface area contributed by atoms with Crippen LogP contribution in [0.1, 0.15) is 52.9 Å². The molecule has 0 aromatic rings. The molecule has 26 heavy (non-hydrogen) atoms. The van der Waals surface area contributed by atoms with E-state index in [9.17, 15) is 4.79 Å². The summed E-state index contributed by atoms with van der Waals surface area (Å²) in [7, 11) is 0. The van der Waals surface area contributed by atoms with E-state index >= 15 is 0 Å². The Morgan fingerprint density at radius 1 is 1.15 bits per heavy atom. The molecule has 2 heterocycles. The van der Waals surface area contributed by atoms with Crippen LogP contribution in [0, 0.1) is 17.3 Å². The maximum Gasteiger partial charge on any atom is 0.225 e. The van der Waals surface area contributed by atoms with Crippen LogP contribution in [0.4, 0.5) is 0 Å². The first-order chi connectivity index (χ1) is 12.5. The molecule has 2 N–H and O–H groups in total. The van der Waals surface area contributed by atoms with Crippen molar-refractivity contribution in [3.63, 3.8) is 0 Å². The van der Waals surface area contributed by atoms with Gasteiger partial charge in [-0.25, -0.2) is 0 Å². The molecule has 6 heteroatoms. The molecule has 0 radical (unpaired) electrons. The van der Waals surface area contributed by atoms with Crippen LogP contribution in [0.25, 0.3) is 0 Å². The predicted molar refractivity (Wildman–Crippen MR) is 102 cm³/mol. The number of likely N-dealkylation sites (tertiary alicyclic amines) is 1. The van der Waals surface area contributed by atoms with Crippen LogP contribution in [0.15, 0.2) is 4.99 Å². The van der Waals surface area contributed by atoms with Gasteiger partial charge in [0.25, 0.3) is 0 Å². The first-order valence-corrected chi connectivity index (χ1v) is 10.5. The SMILES string of the molecule is CCN=C(NC1CCN(C(=O)C2CC2)CC1)NC1C2CCOC2C1(C)C. The minimum Gasteiger partial charge on any atom is -0.377 e. The third-order valence-electron chi connectivity index (χ3n) is 6.78. The lowest BCUT2D eigenvalue weighted by atomic mass is 9.57. The van der Waals surface area contributed by atoms with Crippen molar-refractivity contribution >= 4 is 11.9 Å². The van der Waals surface area contributed by atoms with E-state index in [1.807, 2.05) is 0 Å². The summed E-state index contributed by atoms with van der Waals surface area (Å²) in [5.74, 6) is 2.25. The molecule has 0 spiro atoms. The van der Waals surface area contributed by atoms with Crippen molar-refractivity contribution in [1.82, 2.24) is 15.5 Å². The first kappa shape index (κ1) is 18.1. The number of amides is 1. The van der Waals surface area contributed by atoms with Crippen molar-refractivity contribution in [3.8, 4) is 0 Å². The number of aliphatic imine (C=N–C) groups is 1. The van der Waals surface area contributed by atoms with Gasteiger partial charge in [-0.05, 0) is 39.0 Å². The van der Waals surface area contributed by atoms with Crippen LogP contribution in [0.5, 0.6) is 0 Å². The van der Waals surface area contributed by atoms with E-state index in [4.69, 9.17) is 4.74 Å². The smallest absolute Gasteiger partial charge is 0.225 e. The summed E-state index contributed by atoms with van der Waals surface area (Å²) in [6.45, 7) is 10.1. The molecule has 0 aromatic heterocycles. The van der Waals surface area contributed by atoms with Gasteiger partial charge in [-0.1, -0.05) is 13.8 Å². The van der Waals surface area contributed by atoms with Crippen LogP contribution >= 0.6 is 0 Å². The van der Waals surface area contributed by atoms with E-state index in [2.05, 4.69) is 41.3 Å². The average Bonchev–Trinajstić information content (AvgIpc) is 3.37. The van der Waals surface area contributed by atoms with Crippen molar-refractivity contribution in [3.05, 3.63) is 0 Å². The number of fused-ring (bicyclic) bond motifs is 1. The standard InChI is InChI=1S/C20H34N4O2/c1-4-21-19(23-16-15-9-12-26-17(15)20(16,2)3)22-14-7-10-24(11-8-14)18(25)13-5-6-13/h13-17H,4-12H2,1-3H3,(H2,21,22,23). The Hall–Kier alpha value is -1.30. The molecular formula is C20H34N4O2. The summed E-state index contributed by atoms with van der Waals surface area (Å²) < 4.78 is 5.91. The van der Waals surface area contributed by atoms with Crippen molar-refractivity contribution in [1.29, 1.82) is 0 Å². The number of hydrogen-bond acceptors (Lipinski definition) is 3.